The average molecular weight is 291 g/mol. The van der Waals surface area contributed by atoms with Gasteiger partial charge in [-0.15, -0.1) is 0 Å². The summed E-state index contributed by atoms with van der Waals surface area (Å²) < 4.78 is 5.67. The van der Waals surface area contributed by atoms with E-state index in [-0.39, 0.29) is 5.91 Å². The van der Waals surface area contributed by atoms with Gasteiger partial charge in [0.15, 0.2) is 6.10 Å². The van der Waals surface area contributed by atoms with E-state index in [1.807, 2.05) is 31.2 Å². The largest absolute Gasteiger partial charge is 0.481 e. The van der Waals surface area contributed by atoms with Gasteiger partial charge in [0.25, 0.3) is 5.91 Å². The molecule has 0 aromatic heterocycles. The monoisotopic (exact) mass is 291 g/mol. The molecule has 0 saturated carbocycles. The van der Waals surface area contributed by atoms with Gasteiger partial charge in [0.1, 0.15) is 5.75 Å². The highest BCUT2D eigenvalue weighted by atomic mass is 16.5. The molecule has 0 spiro atoms. The van der Waals surface area contributed by atoms with E-state index in [1.54, 1.807) is 6.92 Å². The van der Waals surface area contributed by atoms with E-state index < -0.39 is 6.10 Å². The molecule has 0 fully saturated rings. The fraction of sp³-hybridized carbons (Fsp3) is 0.611. The number of nitrogens with one attached hydrogen (secondary N) is 1. The fourth-order valence-corrected chi connectivity index (χ4v) is 2.21. The van der Waals surface area contributed by atoms with E-state index in [1.165, 1.54) is 24.8 Å². The van der Waals surface area contributed by atoms with Crippen LogP contribution >= 0.6 is 0 Å². The maximum absolute atomic E-state index is 12.1. The maximum Gasteiger partial charge on any atom is 0.260 e. The first-order valence-corrected chi connectivity index (χ1v) is 8.07. The summed E-state index contributed by atoms with van der Waals surface area (Å²) in [5, 5.41) is 3.01. The molecule has 1 aromatic rings. The molecule has 0 aliphatic carbocycles. The van der Waals surface area contributed by atoms with Crippen molar-refractivity contribution in [3.05, 3.63) is 29.8 Å². The van der Waals surface area contributed by atoms with Gasteiger partial charge in [0.05, 0.1) is 0 Å². The first-order chi connectivity index (χ1) is 10.1. The van der Waals surface area contributed by atoms with Gasteiger partial charge in [-0.1, -0.05) is 50.8 Å². The molecule has 1 amide bonds. The highest BCUT2D eigenvalue weighted by Gasteiger charge is 2.16. The lowest BCUT2D eigenvalue weighted by Gasteiger charge is -2.18. The van der Waals surface area contributed by atoms with Gasteiger partial charge in [-0.25, -0.2) is 0 Å². The van der Waals surface area contributed by atoms with E-state index in [0.717, 1.165) is 18.7 Å². The van der Waals surface area contributed by atoms with E-state index in [9.17, 15) is 4.79 Å². The molecule has 0 aliphatic rings. The van der Waals surface area contributed by atoms with E-state index in [2.05, 4.69) is 19.2 Å². The Balaban J connectivity index is 2.38. The van der Waals surface area contributed by atoms with Crippen LogP contribution in [0.3, 0.4) is 0 Å². The van der Waals surface area contributed by atoms with Crippen molar-refractivity contribution in [2.24, 2.45) is 5.92 Å². The van der Waals surface area contributed by atoms with Crippen molar-refractivity contribution < 1.29 is 9.53 Å². The number of carbonyl (C=O) groups excluding carboxylic acids is 1. The van der Waals surface area contributed by atoms with E-state index >= 15 is 0 Å². The molecule has 2 atom stereocenters. The second kappa shape index (κ2) is 9.43. The third kappa shape index (κ3) is 6.65. The molecule has 3 heteroatoms. The van der Waals surface area contributed by atoms with Crippen LogP contribution in [0.5, 0.6) is 5.75 Å². The average Bonchev–Trinajstić information content (AvgIpc) is 2.49. The molecular formula is C18H29NO2. The Morgan fingerprint density at radius 2 is 1.90 bits per heavy atom. The molecule has 3 nitrogen and oxygen atoms in total. The molecule has 0 radical (unpaired) electrons. The first-order valence-electron chi connectivity index (χ1n) is 8.07. The lowest BCUT2D eigenvalue weighted by Crippen LogP contribution is -2.38. The summed E-state index contributed by atoms with van der Waals surface area (Å²) in [5.41, 5.74) is 1.18. The lowest BCUT2D eigenvalue weighted by atomic mass is 9.99. The summed E-state index contributed by atoms with van der Waals surface area (Å²) in [6.45, 7) is 8.95. The first kappa shape index (κ1) is 17.5. The highest BCUT2D eigenvalue weighted by Crippen LogP contribution is 2.14. The number of aryl methyl sites for hydroxylation is 1. The second-order valence-electron chi connectivity index (χ2n) is 5.73. The fourth-order valence-electron chi connectivity index (χ4n) is 2.21. The van der Waals surface area contributed by atoms with Crippen LogP contribution in [0.2, 0.25) is 0 Å². The standard InChI is InChI=1S/C18H29NO2/c1-5-7-8-16(6-2)13-19-18(20)15(4)21-17-11-9-14(3)10-12-17/h9-12,15-16H,5-8,13H2,1-4H3,(H,19,20)/t15-,16+/m0/s1. The second-order valence-corrected chi connectivity index (χ2v) is 5.73. The zero-order valence-corrected chi connectivity index (χ0v) is 13.8. The minimum absolute atomic E-state index is 0.0366. The molecule has 0 heterocycles. The van der Waals surface area contributed by atoms with E-state index in [4.69, 9.17) is 4.74 Å². The van der Waals surface area contributed by atoms with E-state index in [0.29, 0.717) is 5.92 Å². The smallest absolute Gasteiger partial charge is 0.260 e. The van der Waals surface area contributed by atoms with Crippen LogP contribution in [-0.2, 0) is 4.79 Å². The molecule has 0 unspecified atom stereocenters. The van der Waals surface area contributed by atoms with Crippen molar-refractivity contribution in [3.63, 3.8) is 0 Å². The molecule has 1 N–H and O–H groups in total. The zero-order chi connectivity index (χ0) is 15.7. The summed E-state index contributed by atoms with van der Waals surface area (Å²) in [5.74, 6) is 1.27. The topological polar surface area (TPSA) is 38.3 Å². The molecule has 1 rings (SSSR count). The van der Waals surface area contributed by atoms with Gasteiger partial charge in [-0.2, -0.15) is 0 Å². The predicted molar refractivity (Wildman–Crippen MR) is 87.6 cm³/mol. The Bertz CT molecular complexity index is 414. The Labute approximate surface area is 129 Å². The number of ether oxygens (including phenoxy) is 1. The lowest BCUT2D eigenvalue weighted by molar-refractivity contribution is -0.127. The van der Waals surface area contributed by atoms with Crippen LogP contribution in [0.25, 0.3) is 0 Å². The van der Waals surface area contributed by atoms with Gasteiger partial charge in [-0.05, 0) is 38.3 Å². The minimum atomic E-state index is -0.462. The van der Waals surface area contributed by atoms with Crippen molar-refractivity contribution in [2.45, 2.75) is 59.5 Å². The van der Waals surface area contributed by atoms with Crippen LogP contribution in [0.15, 0.2) is 24.3 Å². The number of unbranched alkanes of at least 4 members (excludes halogenated alkanes) is 1. The molecule has 0 saturated heterocycles. The third-order valence-corrected chi connectivity index (χ3v) is 3.81. The number of hydrogen-bond donors (Lipinski definition) is 1. The van der Waals surface area contributed by atoms with Crippen molar-refractivity contribution in [3.8, 4) is 5.75 Å². The predicted octanol–water partition coefficient (Wildman–Crippen LogP) is 4.09. The van der Waals surface area contributed by atoms with Gasteiger partial charge in [0.2, 0.25) is 0 Å². The Morgan fingerprint density at radius 1 is 1.24 bits per heavy atom. The number of rotatable bonds is 9. The van der Waals surface area contributed by atoms with Crippen molar-refractivity contribution in [2.75, 3.05) is 6.54 Å². The molecule has 21 heavy (non-hydrogen) atoms. The minimum Gasteiger partial charge on any atom is -0.481 e. The zero-order valence-electron chi connectivity index (χ0n) is 13.8. The maximum atomic E-state index is 12.1. The molecular weight excluding hydrogens is 262 g/mol. The normalized spacial score (nSPS) is 13.5. The summed E-state index contributed by atoms with van der Waals surface area (Å²) in [4.78, 5) is 12.1. The molecule has 0 bridgehead atoms. The number of benzene rings is 1. The highest BCUT2D eigenvalue weighted by molar-refractivity contribution is 5.80. The molecule has 118 valence electrons. The summed E-state index contributed by atoms with van der Waals surface area (Å²) >= 11 is 0. The molecule has 0 aliphatic heterocycles. The molecule has 1 aromatic carbocycles. The third-order valence-electron chi connectivity index (χ3n) is 3.81. The van der Waals surface area contributed by atoms with Gasteiger partial charge >= 0.3 is 0 Å². The number of hydrogen-bond acceptors (Lipinski definition) is 2. The van der Waals surface area contributed by atoms with Crippen molar-refractivity contribution >= 4 is 5.91 Å². The summed E-state index contributed by atoms with van der Waals surface area (Å²) in [7, 11) is 0. The summed E-state index contributed by atoms with van der Waals surface area (Å²) in [6.07, 6.45) is 4.26. The van der Waals surface area contributed by atoms with Crippen LogP contribution in [-0.4, -0.2) is 18.6 Å². The van der Waals surface area contributed by atoms with Crippen LogP contribution in [0, 0.1) is 12.8 Å². The van der Waals surface area contributed by atoms with Gasteiger partial charge in [-0.3, -0.25) is 4.79 Å². The Hall–Kier alpha value is -1.51. The number of carbonyl (C=O) groups is 1. The van der Waals surface area contributed by atoms with Crippen LogP contribution < -0.4 is 10.1 Å². The van der Waals surface area contributed by atoms with Gasteiger partial charge < -0.3 is 10.1 Å². The Morgan fingerprint density at radius 3 is 2.48 bits per heavy atom. The summed E-state index contributed by atoms with van der Waals surface area (Å²) in [6, 6.07) is 7.76. The van der Waals surface area contributed by atoms with Crippen LogP contribution in [0.4, 0.5) is 0 Å². The quantitative estimate of drug-likeness (QED) is 0.744. The van der Waals surface area contributed by atoms with Gasteiger partial charge in [0, 0.05) is 6.54 Å². The Kier molecular flexibility index (Phi) is 7.88. The van der Waals surface area contributed by atoms with Crippen molar-refractivity contribution in [1.82, 2.24) is 5.32 Å². The van der Waals surface area contributed by atoms with Crippen LogP contribution in [0.1, 0.15) is 52.0 Å². The number of amides is 1. The van der Waals surface area contributed by atoms with Crippen molar-refractivity contribution in [1.29, 1.82) is 0 Å². The SMILES string of the molecule is CCCC[C@@H](CC)CNC(=O)[C@H](C)Oc1ccc(C)cc1.